The van der Waals surface area contributed by atoms with Crippen molar-refractivity contribution in [3.63, 3.8) is 0 Å². The van der Waals surface area contributed by atoms with Crippen molar-refractivity contribution in [2.75, 3.05) is 23.9 Å². The molecule has 2 atom stereocenters. The molecule has 1 aromatic heterocycles. The lowest BCUT2D eigenvalue weighted by Gasteiger charge is -2.33. The molecule has 0 spiro atoms. The predicted octanol–water partition coefficient (Wildman–Crippen LogP) is 4.34. The van der Waals surface area contributed by atoms with E-state index in [0.717, 1.165) is 18.8 Å². The maximum atomic E-state index is 14.2. The first-order valence-electron chi connectivity index (χ1n) is 11.1. The lowest BCUT2D eigenvalue weighted by Crippen LogP contribution is -2.44. The van der Waals surface area contributed by atoms with Crippen molar-refractivity contribution < 1.29 is 30.8 Å². The van der Waals surface area contributed by atoms with Gasteiger partial charge in [0.05, 0.1) is 16.5 Å². The first-order chi connectivity index (χ1) is 16.4. The summed E-state index contributed by atoms with van der Waals surface area (Å²) < 4.78 is 79.4. The van der Waals surface area contributed by atoms with E-state index in [4.69, 9.17) is 11.6 Å². The lowest BCUT2D eigenvalue weighted by molar-refractivity contribution is -0.190. The fraction of sp³-hybridized carbons (Fsp3) is 0.478. The van der Waals surface area contributed by atoms with Crippen molar-refractivity contribution in [2.24, 2.45) is 5.92 Å². The number of anilines is 1. The minimum atomic E-state index is -4.76. The molecule has 12 heteroatoms. The second-order valence-electron chi connectivity index (χ2n) is 9.04. The molecule has 1 aliphatic carbocycles. The van der Waals surface area contributed by atoms with Crippen molar-refractivity contribution in [3.8, 4) is 0 Å². The van der Waals surface area contributed by atoms with E-state index in [1.165, 1.54) is 18.2 Å². The summed E-state index contributed by atoms with van der Waals surface area (Å²) in [6, 6.07) is 3.48. The number of hydrogen-bond acceptors (Lipinski definition) is 5. The largest absolute Gasteiger partial charge is 0.413 e. The number of sulfone groups is 1. The number of hydrogen-bond donors (Lipinski definition) is 1. The molecule has 0 saturated carbocycles. The number of rotatable bonds is 5. The Morgan fingerprint density at radius 2 is 1.86 bits per heavy atom. The van der Waals surface area contributed by atoms with Gasteiger partial charge in [-0.2, -0.15) is 13.2 Å². The van der Waals surface area contributed by atoms with Crippen LogP contribution in [0.25, 0.3) is 0 Å². The van der Waals surface area contributed by atoms with Gasteiger partial charge in [0.25, 0.3) is 0 Å². The zero-order valence-corrected chi connectivity index (χ0v) is 20.4. The first-order valence-corrected chi connectivity index (χ1v) is 13.3. The minimum Gasteiger partial charge on any atom is -0.367 e. The Hall–Kier alpha value is -2.40. The van der Waals surface area contributed by atoms with Crippen molar-refractivity contribution in [3.05, 3.63) is 58.0 Å². The van der Waals surface area contributed by atoms with Crippen LogP contribution >= 0.6 is 11.6 Å². The van der Waals surface area contributed by atoms with Crippen LogP contribution in [0.1, 0.15) is 35.6 Å². The molecule has 1 fully saturated rings. The SMILES string of the molecule is CN(C(=O)C1CCS(=O)(=O)CC1)[C@@H](c1ccc(NC2Cc3ccc(Cl)c(F)c3C2)nc1)C(F)(F)F. The summed E-state index contributed by atoms with van der Waals surface area (Å²) >= 11 is 5.84. The Labute approximate surface area is 205 Å². The zero-order valence-electron chi connectivity index (χ0n) is 18.8. The van der Waals surface area contributed by atoms with Gasteiger partial charge in [-0.25, -0.2) is 17.8 Å². The molecule has 6 nitrogen and oxygen atoms in total. The third kappa shape index (κ3) is 5.55. The number of nitrogens with one attached hydrogen (secondary N) is 1. The number of carbonyl (C=O) groups excluding carboxylic acids is 1. The van der Waals surface area contributed by atoms with Crippen LogP contribution in [0.5, 0.6) is 0 Å². The number of pyridine rings is 1. The smallest absolute Gasteiger partial charge is 0.367 e. The van der Waals surface area contributed by atoms with Gasteiger partial charge >= 0.3 is 6.18 Å². The molecule has 0 bridgehead atoms. The Balaban J connectivity index is 1.46. The lowest BCUT2D eigenvalue weighted by atomic mass is 9.99. The molecule has 190 valence electrons. The summed E-state index contributed by atoms with van der Waals surface area (Å²) in [6.07, 6.45) is -2.79. The Bertz CT molecular complexity index is 1210. The van der Waals surface area contributed by atoms with Crippen molar-refractivity contribution >= 4 is 33.2 Å². The number of aromatic nitrogens is 1. The van der Waals surface area contributed by atoms with Gasteiger partial charge in [-0.05, 0) is 48.9 Å². The van der Waals surface area contributed by atoms with Gasteiger partial charge in [-0.3, -0.25) is 4.79 Å². The Kier molecular flexibility index (Phi) is 7.02. The van der Waals surface area contributed by atoms with Crippen LogP contribution in [0.4, 0.5) is 23.4 Å². The van der Waals surface area contributed by atoms with Crippen LogP contribution in [-0.4, -0.2) is 55.0 Å². The fourth-order valence-electron chi connectivity index (χ4n) is 4.78. The highest BCUT2D eigenvalue weighted by atomic mass is 35.5. The van der Waals surface area contributed by atoms with Crippen molar-refractivity contribution in [2.45, 2.75) is 43.9 Å². The summed E-state index contributed by atoms with van der Waals surface area (Å²) in [4.78, 5) is 17.5. The van der Waals surface area contributed by atoms with E-state index >= 15 is 0 Å². The summed E-state index contributed by atoms with van der Waals surface area (Å²) in [6.45, 7) is 0. The Morgan fingerprint density at radius 1 is 1.17 bits per heavy atom. The van der Waals surface area contributed by atoms with Crippen LogP contribution in [0, 0.1) is 11.7 Å². The minimum absolute atomic E-state index is 0.00672. The molecule has 1 unspecified atom stereocenters. The summed E-state index contributed by atoms with van der Waals surface area (Å²) in [5.74, 6) is -2.08. The number of amides is 1. The molecule has 1 aromatic carbocycles. The monoisotopic (exact) mass is 533 g/mol. The molecule has 1 N–H and O–H groups in total. The maximum Gasteiger partial charge on any atom is 0.413 e. The average Bonchev–Trinajstić information content (AvgIpc) is 3.19. The van der Waals surface area contributed by atoms with Gasteiger partial charge in [0.1, 0.15) is 21.5 Å². The quantitative estimate of drug-likeness (QED) is 0.578. The second-order valence-corrected chi connectivity index (χ2v) is 11.8. The standard InChI is InChI=1S/C23H24ClF4N3O3S/c1-31(22(32)13-6-8-35(33,34)9-7-13)21(23(26,27)28)15-3-5-19(29-12-15)30-16-10-14-2-4-18(24)20(25)17(14)11-16/h2-5,12-13,16,21H,6-11H2,1H3,(H,29,30)/t16?,21-/m0/s1. The molecular formula is C23H24ClF4N3O3S. The summed E-state index contributed by atoms with van der Waals surface area (Å²) in [5.41, 5.74) is 1.11. The fourth-order valence-corrected chi connectivity index (χ4v) is 6.45. The third-order valence-electron chi connectivity index (χ3n) is 6.61. The van der Waals surface area contributed by atoms with Crippen LogP contribution in [0.15, 0.2) is 30.5 Å². The van der Waals surface area contributed by atoms with Crippen LogP contribution in [0.3, 0.4) is 0 Å². The van der Waals surface area contributed by atoms with Gasteiger partial charge in [0.2, 0.25) is 5.91 Å². The maximum absolute atomic E-state index is 14.2. The Morgan fingerprint density at radius 3 is 2.46 bits per heavy atom. The molecule has 1 aliphatic heterocycles. The molecule has 2 aromatic rings. The van der Waals surface area contributed by atoms with Gasteiger partial charge in [0, 0.05) is 30.8 Å². The van der Waals surface area contributed by atoms with E-state index in [-0.39, 0.29) is 41.0 Å². The number of carbonyl (C=O) groups is 1. The van der Waals surface area contributed by atoms with Gasteiger partial charge in [-0.1, -0.05) is 23.7 Å². The summed E-state index contributed by atoms with van der Waals surface area (Å²) in [7, 11) is -2.18. The number of alkyl halides is 3. The average molecular weight is 534 g/mol. The van der Waals surface area contributed by atoms with E-state index in [9.17, 15) is 30.8 Å². The number of halogens is 5. The van der Waals surface area contributed by atoms with Crippen molar-refractivity contribution in [1.29, 1.82) is 0 Å². The normalized spacial score (nSPS) is 20.8. The molecule has 1 saturated heterocycles. The van der Waals surface area contributed by atoms with Gasteiger partial charge in [-0.15, -0.1) is 0 Å². The third-order valence-corrected chi connectivity index (χ3v) is 8.62. The van der Waals surface area contributed by atoms with E-state index in [2.05, 4.69) is 10.3 Å². The highest BCUT2D eigenvalue weighted by Crippen LogP contribution is 2.39. The predicted molar refractivity (Wildman–Crippen MR) is 123 cm³/mol. The molecule has 35 heavy (non-hydrogen) atoms. The van der Waals surface area contributed by atoms with Crippen LogP contribution in [-0.2, 0) is 27.5 Å². The molecular weight excluding hydrogens is 510 g/mol. The van der Waals surface area contributed by atoms with E-state index in [0.29, 0.717) is 29.1 Å². The molecule has 2 aliphatic rings. The first kappa shape index (κ1) is 25.7. The molecule has 4 rings (SSSR count). The topological polar surface area (TPSA) is 79.4 Å². The summed E-state index contributed by atoms with van der Waals surface area (Å²) in [5, 5.41) is 3.15. The number of fused-ring (bicyclic) bond motifs is 1. The van der Waals surface area contributed by atoms with Gasteiger partial charge in [0.15, 0.2) is 6.04 Å². The molecule has 1 amide bonds. The van der Waals surface area contributed by atoms with Crippen LogP contribution in [0.2, 0.25) is 5.02 Å². The van der Waals surface area contributed by atoms with E-state index < -0.39 is 39.7 Å². The number of benzene rings is 1. The molecule has 0 radical (unpaired) electrons. The number of nitrogens with zero attached hydrogens (tertiary/aromatic N) is 2. The molecule has 2 heterocycles. The van der Waals surface area contributed by atoms with E-state index in [1.807, 2.05) is 0 Å². The van der Waals surface area contributed by atoms with Crippen LogP contribution < -0.4 is 5.32 Å². The second kappa shape index (κ2) is 9.57. The highest BCUT2D eigenvalue weighted by Gasteiger charge is 2.47. The van der Waals surface area contributed by atoms with Crippen molar-refractivity contribution in [1.82, 2.24) is 9.88 Å². The highest BCUT2D eigenvalue weighted by molar-refractivity contribution is 7.91. The van der Waals surface area contributed by atoms with E-state index in [1.54, 1.807) is 6.07 Å². The van der Waals surface area contributed by atoms with Gasteiger partial charge < -0.3 is 10.2 Å². The zero-order chi connectivity index (χ0) is 25.5.